The van der Waals surface area contributed by atoms with Crippen LogP contribution in [0.15, 0.2) is 60.9 Å². The van der Waals surface area contributed by atoms with Gasteiger partial charge in [-0.2, -0.15) is 5.10 Å². The fourth-order valence-corrected chi connectivity index (χ4v) is 7.37. The predicted molar refractivity (Wildman–Crippen MR) is 165 cm³/mol. The number of carboxylic acid groups (broad SMARTS) is 1. The quantitative estimate of drug-likeness (QED) is 0.216. The van der Waals surface area contributed by atoms with Gasteiger partial charge >= 0.3 is 5.97 Å². The van der Waals surface area contributed by atoms with Gasteiger partial charge < -0.3 is 9.84 Å². The zero-order valence-electron chi connectivity index (χ0n) is 24.9. The number of hydrogen-bond acceptors (Lipinski definition) is 5. The number of carboxylic acids is 1. The van der Waals surface area contributed by atoms with Crippen molar-refractivity contribution in [3.63, 3.8) is 0 Å². The average Bonchev–Trinajstić information content (AvgIpc) is 3.45. The van der Waals surface area contributed by atoms with Crippen LogP contribution in [-0.2, 0) is 0 Å². The highest BCUT2D eigenvalue weighted by atomic mass is 16.5. The molecule has 0 aliphatic heterocycles. The summed E-state index contributed by atoms with van der Waals surface area (Å²) in [4.78, 5) is 12.3. The van der Waals surface area contributed by atoms with E-state index in [-0.39, 0.29) is 23.5 Å². The molecule has 3 saturated carbocycles. The number of aromatic nitrogens is 5. The molecule has 0 bridgehead atoms. The molecule has 8 heteroatoms. The predicted octanol–water partition coefficient (Wildman–Crippen LogP) is 7.95. The fraction of sp³-hybridized carbons (Fsp3) is 0.486. The topological polar surface area (TPSA) is 95.1 Å². The first-order valence-electron chi connectivity index (χ1n) is 16.2. The molecule has 0 unspecified atom stereocenters. The number of benzene rings is 2. The lowest BCUT2D eigenvalue weighted by Gasteiger charge is -2.28. The van der Waals surface area contributed by atoms with Gasteiger partial charge in [-0.1, -0.05) is 68.0 Å². The van der Waals surface area contributed by atoms with Crippen molar-refractivity contribution in [1.82, 2.24) is 24.8 Å². The lowest BCUT2D eigenvalue weighted by molar-refractivity contribution is 0.0695. The summed E-state index contributed by atoms with van der Waals surface area (Å²) in [5, 5.41) is 23.6. The molecule has 3 aliphatic rings. The molecular weight excluding hydrogens is 538 g/mol. The number of rotatable bonds is 9. The van der Waals surface area contributed by atoms with Crippen molar-refractivity contribution in [2.24, 2.45) is 5.92 Å². The highest BCUT2D eigenvalue weighted by Gasteiger charge is 2.46. The summed E-state index contributed by atoms with van der Waals surface area (Å²) >= 11 is 0. The van der Waals surface area contributed by atoms with E-state index < -0.39 is 5.97 Å². The first-order chi connectivity index (χ1) is 21.0. The molecule has 0 radical (unpaired) electrons. The monoisotopic (exact) mass is 579 g/mol. The molecule has 2 heterocycles. The zero-order chi connectivity index (χ0) is 29.3. The van der Waals surface area contributed by atoms with Gasteiger partial charge in [-0.05, 0) is 80.3 Å². The molecule has 8 nitrogen and oxygen atoms in total. The second-order valence-corrected chi connectivity index (χ2v) is 12.8. The Morgan fingerprint density at radius 1 is 0.930 bits per heavy atom. The van der Waals surface area contributed by atoms with E-state index in [0.29, 0.717) is 12.0 Å². The molecule has 0 saturated heterocycles. The van der Waals surface area contributed by atoms with Crippen LogP contribution >= 0.6 is 0 Å². The smallest absolute Gasteiger partial charge is 0.339 e. The molecule has 43 heavy (non-hydrogen) atoms. The summed E-state index contributed by atoms with van der Waals surface area (Å²) in [7, 11) is 0. The van der Waals surface area contributed by atoms with Crippen molar-refractivity contribution in [2.75, 3.05) is 0 Å². The molecule has 1 N–H and O–H groups in total. The Morgan fingerprint density at radius 2 is 1.65 bits per heavy atom. The van der Waals surface area contributed by atoms with Crippen LogP contribution in [0, 0.1) is 5.92 Å². The Balaban J connectivity index is 1.13. The molecule has 2 aromatic carbocycles. The van der Waals surface area contributed by atoms with Crippen molar-refractivity contribution < 1.29 is 14.6 Å². The SMILES string of the molecule is C[C@H](Oc1cccc(-c2cccc(-n3ncc(C(=O)O)c3[C@@H]3C[C@H]3c3cn(C4CCCCC4)nn3)c2)c1)C1CCCCC1. The lowest BCUT2D eigenvalue weighted by atomic mass is 9.86. The Hall–Kier alpha value is -3.94. The molecule has 0 amide bonds. The van der Waals surface area contributed by atoms with E-state index in [9.17, 15) is 9.90 Å². The summed E-state index contributed by atoms with van der Waals surface area (Å²) < 4.78 is 10.3. The van der Waals surface area contributed by atoms with Crippen molar-refractivity contribution >= 4 is 5.97 Å². The van der Waals surface area contributed by atoms with Crippen LogP contribution < -0.4 is 4.74 Å². The Morgan fingerprint density at radius 3 is 2.42 bits per heavy atom. The van der Waals surface area contributed by atoms with Crippen LogP contribution in [-0.4, -0.2) is 42.0 Å². The average molecular weight is 580 g/mol. The third-order valence-electron chi connectivity index (χ3n) is 9.93. The van der Waals surface area contributed by atoms with Crippen molar-refractivity contribution in [3.05, 3.63) is 77.9 Å². The second kappa shape index (κ2) is 12.0. The minimum Gasteiger partial charge on any atom is -0.490 e. The summed E-state index contributed by atoms with van der Waals surface area (Å²) in [6.07, 6.45) is 17.1. The maximum absolute atomic E-state index is 12.3. The summed E-state index contributed by atoms with van der Waals surface area (Å²) in [5.41, 5.74) is 4.89. The van der Waals surface area contributed by atoms with Gasteiger partial charge in [0.2, 0.25) is 0 Å². The van der Waals surface area contributed by atoms with Gasteiger partial charge in [-0.3, -0.25) is 0 Å². The van der Waals surface area contributed by atoms with Gasteiger partial charge in [0.05, 0.1) is 35.4 Å². The fourth-order valence-electron chi connectivity index (χ4n) is 7.37. The van der Waals surface area contributed by atoms with Crippen molar-refractivity contribution in [2.45, 2.75) is 102 Å². The van der Waals surface area contributed by atoms with Crippen molar-refractivity contribution in [1.29, 1.82) is 0 Å². The lowest BCUT2D eigenvalue weighted by Crippen LogP contribution is -2.25. The number of hydrogen-bond donors (Lipinski definition) is 1. The Bertz CT molecular complexity index is 1580. The molecule has 3 aliphatic carbocycles. The zero-order valence-corrected chi connectivity index (χ0v) is 24.9. The Labute approximate surface area is 253 Å². The first kappa shape index (κ1) is 27.9. The minimum atomic E-state index is -0.953. The van der Waals surface area contributed by atoms with E-state index >= 15 is 0 Å². The minimum absolute atomic E-state index is 0.0340. The number of aromatic carboxylic acids is 1. The molecule has 7 rings (SSSR count). The van der Waals surface area contributed by atoms with E-state index in [2.05, 4.69) is 52.8 Å². The standard InChI is InChI=1S/C35H41N5O3/c1-23(24-10-4-2-5-11-24)43-29-17-9-13-26(19-29)25-12-8-16-28(18-25)40-34(32(21-36-40)35(41)42)31-20-30(31)33-22-39(38-37-33)27-14-6-3-7-15-27/h8-9,12-13,16-19,21-24,27,30-31H,2-7,10-11,14-15,20H2,1H3,(H,41,42)/t23-,30+,31+/m0/s1. The normalized spacial score (nSPS) is 21.9. The molecule has 2 aromatic heterocycles. The van der Waals surface area contributed by atoms with Crippen LogP contribution in [0.1, 0.15) is 117 Å². The molecule has 224 valence electrons. The van der Waals surface area contributed by atoms with Crippen LogP contribution in [0.25, 0.3) is 16.8 Å². The maximum atomic E-state index is 12.3. The van der Waals surface area contributed by atoms with Crippen LogP contribution in [0.4, 0.5) is 0 Å². The number of carbonyl (C=O) groups is 1. The molecule has 3 fully saturated rings. The van der Waals surface area contributed by atoms with Gasteiger partial charge in [-0.25, -0.2) is 14.2 Å². The van der Waals surface area contributed by atoms with Gasteiger partial charge in [0, 0.05) is 18.0 Å². The van der Waals surface area contributed by atoms with Gasteiger partial charge in [-0.15, -0.1) is 5.10 Å². The Kier molecular flexibility index (Phi) is 7.76. The molecular formula is C35H41N5O3. The van der Waals surface area contributed by atoms with Crippen LogP contribution in [0.5, 0.6) is 5.75 Å². The van der Waals surface area contributed by atoms with E-state index in [4.69, 9.17) is 4.74 Å². The summed E-state index contributed by atoms with van der Waals surface area (Å²) in [5.74, 6) is 0.730. The van der Waals surface area contributed by atoms with Gasteiger partial charge in [0.15, 0.2) is 0 Å². The summed E-state index contributed by atoms with van der Waals surface area (Å²) in [6.45, 7) is 2.20. The largest absolute Gasteiger partial charge is 0.490 e. The first-order valence-corrected chi connectivity index (χ1v) is 16.2. The van der Waals surface area contributed by atoms with Gasteiger partial charge in [0.25, 0.3) is 0 Å². The van der Waals surface area contributed by atoms with E-state index in [1.807, 2.05) is 33.6 Å². The molecule has 4 aromatic rings. The number of ether oxygens (including phenoxy) is 1. The molecule has 3 atom stereocenters. The third-order valence-corrected chi connectivity index (χ3v) is 9.93. The molecule has 0 spiro atoms. The van der Waals surface area contributed by atoms with Crippen molar-refractivity contribution in [3.8, 4) is 22.6 Å². The summed E-state index contributed by atoms with van der Waals surface area (Å²) in [6, 6.07) is 16.9. The highest BCUT2D eigenvalue weighted by molar-refractivity contribution is 5.89. The second-order valence-electron chi connectivity index (χ2n) is 12.8. The van der Waals surface area contributed by atoms with E-state index in [1.54, 1.807) is 0 Å². The maximum Gasteiger partial charge on any atom is 0.339 e. The van der Waals surface area contributed by atoms with E-state index in [1.165, 1.54) is 57.6 Å². The van der Waals surface area contributed by atoms with Gasteiger partial charge in [0.1, 0.15) is 11.3 Å². The van der Waals surface area contributed by atoms with Crippen LogP contribution in [0.2, 0.25) is 0 Å². The number of nitrogens with zero attached hydrogens (tertiary/aromatic N) is 5. The third kappa shape index (κ3) is 5.84. The highest BCUT2D eigenvalue weighted by Crippen LogP contribution is 2.55. The van der Waals surface area contributed by atoms with Crippen LogP contribution in [0.3, 0.4) is 0 Å². The van der Waals surface area contributed by atoms with E-state index in [0.717, 1.165) is 53.2 Å².